The van der Waals surface area contributed by atoms with Crippen molar-refractivity contribution in [2.75, 3.05) is 36.4 Å². The predicted molar refractivity (Wildman–Crippen MR) is 98.1 cm³/mol. The second kappa shape index (κ2) is 6.67. The van der Waals surface area contributed by atoms with Crippen molar-refractivity contribution in [1.29, 1.82) is 0 Å². The van der Waals surface area contributed by atoms with Gasteiger partial charge in [-0.25, -0.2) is 19.4 Å². The zero-order valence-corrected chi connectivity index (χ0v) is 14.7. The molecule has 2 amide bonds. The van der Waals surface area contributed by atoms with Gasteiger partial charge in [0.05, 0.1) is 11.6 Å². The number of aryl methyl sites for hydroxylation is 1. The molecule has 1 aliphatic heterocycles. The lowest BCUT2D eigenvalue weighted by Crippen LogP contribution is -2.50. The number of rotatable bonds is 3. The Morgan fingerprint density at radius 2 is 2.08 bits per heavy atom. The maximum absolute atomic E-state index is 12.5. The van der Waals surface area contributed by atoms with Gasteiger partial charge in [-0.15, -0.1) is 11.3 Å². The minimum atomic E-state index is -0.0850. The lowest BCUT2D eigenvalue weighted by Gasteiger charge is -2.35. The summed E-state index contributed by atoms with van der Waals surface area (Å²) in [6, 6.07) is 3.78. The number of carbonyl (C=O) groups is 1. The molecule has 1 saturated heterocycles. The predicted octanol–water partition coefficient (Wildman–Crippen LogP) is 2.26. The number of piperazine rings is 1. The van der Waals surface area contributed by atoms with E-state index in [1.165, 1.54) is 0 Å². The highest BCUT2D eigenvalue weighted by Gasteiger charge is 2.23. The summed E-state index contributed by atoms with van der Waals surface area (Å²) >= 11 is 1.62. The molecule has 3 aromatic heterocycles. The van der Waals surface area contributed by atoms with Crippen LogP contribution in [0.1, 0.15) is 6.92 Å². The molecule has 0 unspecified atom stereocenters. The number of hydrogen-bond donors (Lipinski definition) is 1. The van der Waals surface area contributed by atoms with Crippen LogP contribution in [0.25, 0.3) is 10.2 Å². The molecule has 4 heterocycles. The van der Waals surface area contributed by atoms with E-state index in [0.29, 0.717) is 13.1 Å². The van der Waals surface area contributed by atoms with E-state index in [9.17, 15) is 4.79 Å². The topological polar surface area (TPSA) is 79.2 Å². The summed E-state index contributed by atoms with van der Waals surface area (Å²) in [6.07, 6.45) is 3.30. The second-order valence-electron chi connectivity index (χ2n) is 5.77. The SMILES string of the molecule is CCn1nccc1NC(=O)N1CCN(c2ncnc3sccc23)CC1. The molecule has 0 atom stereocenters. The van der Waals surface area contributed by atoms with E-state index in [1.54, 1.807) is 28.5 Å². The van der Waals surface area contributed by atoms with E-state index >= 15 is 0 Å². The Kier molecular flexibility index (Phi) is 4.22. The van der Waals surface area contributed by atoms with Gasteiger partial charge in [0.1, 0.15) is 22.8 Å². The number of anilines is 2. The van der Waals surface area contributed by atoms with Gasteiger partial charge in [-0.1, -0.05) is 0 Å². The maximum atomic E-state index is 12.5. The third kappa shape index (κ3) is 3.02. The fourth-order valence-corrected chi connectivity index (χ4v) is 3.76. The average molecular weight is 357 g/mol. The van der Waals surface area contributed by atoms with Crippen LogP contribution in [0.4, 0.5) is 16.4 Å². The van der Waals surface area contributed by atoms with Crippen LogP contribution in [0.5, 0.6) is 0 Å². The number of carbonyl (C=O) groups excluding carboxylic acids is 1. The monoisotopic (exact) mass is 357 g/mol. The van der Waals surface area contributed by atoms with Gasteiger partial charge in [-0.05, 0) is 18.4 Å². The molecular formula is C16H19N7OS. The first-order valence-electron chi connectivity index (χ1n) is 8.27. The number of fused-ring (bicyclic) bond motifs is 1. The van der Waals surface area contributed by atoms with Crippen LogP contribution in [0.3, 0.4) is 0 Å². The van der Waals surface area contributed by atoms with Gasteiger partial charge in [-0.2, -0.15) is 5.10 Å². The summed E-state index contributed by atoms with van der Waals surface area (Å²) in [5.74, 6) is 1.68. The van der Waals surface area contributed by atoms with Crippen LogP contribution in [-0.4, -0.2) is 56.9 Å². The van der Waals surface area contributed by atoms with E-state index in [-0.39, 0.29) is 6.03 Å². The third-order valence-electron chi connectivity index (χ3n) is 4.36. The average Bonchev–Trinajstić information content (AvgIpc) is 3.30. The van der Waals surface area contributed by atoms with Crippen molar-refractivity contribution in [2.45, 2.75) is 13.5 Å². The normalized spacial score (nSPS) is 14.9. The Labute approximate surface area is 149 Å². The van der Waals surface area contributed by atoms with Crippen molar-refractivity contribution in [1.82, 2.24) is 24.6 Å². The number of urea groups is 1. The molecule has 1 fully saturated rings. The molecule has 130 valence electrons. The van der Waals surface area contributed by atoms with E-state index < -0.39 is 0 Å². The summed E-state index contributed by atoms with van der Waals surface area (Å²) in [6.45, 7) is 5.53. The molecule has 0 radical (unpaired) electrons. The van der Waals surface area contributed by atoms with Crippen LogP contribution in [0, 0.1) is 0 Å². The van der Waals surface area contributed by atoms with Crippen molar-refractivity contribution in [3.8, 4) is 0 Å². The first-order chi connectivity index (χ1) is 12.3. The lowest BCUT2D eigenvalue weighted by molar-refractivity contribution is 0.208. The third-order valence-corrected chi connectivity index (χ3v) is 5.18. The largest absolute Gasteiger partial charge is 0.352 e. The number of thiophene rings is 1. The van der Waals surface area contributed by atoms with Gasteiger partial charge in [0.2, 0.25) is 0 Å². The molecule has 0 saturated carbocycles. The highest BCUT2D eigenvalue weighted by molar-refractivity contribution is 7.16. The molecule has 0 aromatic carbocycles. The van der Waals surface area contributed by atoms with E-state index in [2.05, 4.69) is 31.3 Å². The smallest absolute Gasteiger partial charge is 0.323 e. The molecule has 1 aliphatic rings. The number of aromatic nitrogens is 4. The summed E-state index contributed by atoms with van der Waals surface area (Å²) in [5.41, 5.74) is 0. The highest BCUT2D eigenvalue weighted by Crippen LogP contribution is 2.27. The second-order valence-corrected chi connectivity index (χ2v) is 6.67. The summed E-state index contributed by atoms with van der Waals surface area (Å²) in [7, 11) is 0. The zero-order chi connectivity index (χ0) is 17.2. The van der Waals surface area contributed by atoms with Crippen molar-refractivity contribution < 1.29 is 4.79 Å². The fraction of sp³-hybridized carbons (Fsp3) is 0.375. The van der Waals surface area contributed by atoms with Crippen molar-refractivity contribution in [2.24, 2.45) is 0 Å². The highest BCUT2D eigenvalue weighted by atomic mass is 32.1. The summed E-state index contributed by atoms with van der Waals surface area (Å²) in [4.78, 5) is 26.3. The molecule has 0 aliphatic carbocycles. The van der Waals surface area contributed by atoms with Crippen LogP contribution in [0.2, 0.25) is 0 Å². The first kappa shape index (κ1) is 15.8. The van der Waals surface area contributed by atoms with Gasteiger partial charge >= 0.3 is 6.03 Å². The Morgan fingerprint density at radius 1 is 1.24 bits per heavy atom. The molecule has 8 nitrogen and oxygen atoms in total. The summed E-state index contributed by atoms with van der Waals surface area (Å²) in [5, 5.41) is 10.2. The quantitative estimate of drug-likeness (QED) is 0.778. The summed E-state index contributed by atoms with van der Waals surface area (Å²) < 4.78 is 1.77. The minimum Gasteiger partial charge on any atom is -0.352 e. The number of nitrogens with one attached hydrogen (secondary N) is 1. The lowest BCUT2D eigenvalue weighted by atomic mass is 10.3. The Hall–Kier alpha value is -2.68. The van der Waals surface area contributed by atoms with Gasteiger partial charge in [-0.3, -0.25) is 5.32 Å². The number of amides is 2. The molecule has 9 heteroatoms. The Morgan fingerprint density at radius 3 is 2.88 bits per heavy atom. The number of hydrogen-bond acceptors (Lipinski definition) is 6. The molecular weight excluding hydrogens is 338 g/mol. The number of nitrogens with zero attached hydrogens (tertiary/aromatic N) is 6. The van der Waals surface area contributed by atoms with Crippen LogP contribution < -0.4 is 10.2 Å². The van der Waals surface area contributed by atoms with Gasteiger partial charge < -0.3 is 9.80 Å². The van der Waals surface area contributed by atoms with Crippen LogP contribution in [0.15, 0.2) is 30.0 Å². The van der Waals surface area contributed by atoms with Crippen molar-refractivity contribution in [3.63, 3.8) is 0 Å². The Bertz CT molecular complexity index is 881. The minimum absolute atomic E-state index is 0.0850. The van der Waals surface area contributed by atoms with Crippen molar-refractivity contribution in [3.05, 3.63) is 30.0 Å². The van der Waals surface area contributed by atoms with E-state index in [1.807, 2.05) is 23.3 Å². The Balaban J connectivity index is 1.41. The fourth-order valence-electron chi connectivity index (χ4n) is 3.03. The van der Waals surface area contributed by atoms with Gasteiger partial charge in [0.25, 0.3) is 0 Å². The van der Waals surface area contributed by atoms with Gasteiger partial charge in [0.15, 0.2) is 0 Å². The molecule has 4 rings (SSSR count). The van der Waals surface area contributed by atoms with Crippen molar-refractivity contribution >= 4 is 39.2 Å². The van der Waals surface area contributed by atoms with Crippen LogP contribution in [-0.2, 0) is 6.54 Å². The van der Waals surface area contributed by atoms with E-state index in [4.69, 9.17) is 0 Å². The molecule has 0 bridgehead atoms. The van der Waals surface area contributed by atoms with Crippen LogP contribution >= 0.6 is 11.3 Å². The molecule has 25 heavy (non-hydrogen) atoms. The molecule has 3 aromatic rings. The first-order valence-corrected chi connectivity index (χ1v) is 9.15. The zero-order valence-electron chi connectivity index (χ0n) is 13.9. The van der Waals surface area contributed by atoms with E-state index in [0.717, 1.165) is 41.5 Å². The molecule has 1 N–H and O–H groups in total. The maximum Gasteiger partial charge on any atom is 0.323 e. The molecule has 0 spiro atoms. The van der Waals surface area contributed by atoms with Gasteiger partial charge in [0, 0.05) is 38.8 Å². The standard InChI is InChI=1S/C16H19N7OS/c1-2-23-13(3-5-19-23)20-16(24)22-8-6-21(7-9-22)14-12-4-10-25-15(12)18-11-17-14/h3-5,10-11H,2,6-9H2,1H3,(H,20,24).